The number of benzene rings is 1. The summed E-state index contributed by atoms with van der Waals surface area (Å²) >= 11 is 6.14. The normalized spacial score (nSPS) is 21.5. The third-order valence-electron chi connectivity index (χ3n) is 5.40. The highest BCUT2D eigenvalue weighted by atomic mass is 35.5. The van der Waals surface area contributed by atoms with E-state index in [1.54, 1.807) is 17.0 Å². The third kappa shape index (κ3) is 3.15. The average molecular weight is 350 g/mol. The molecule has 2 aliphatic rings. The highest BCUT2D eigenvalue weighted by Crippen LogP contribution is 2.32. The van der Waals surface area contributed by atoms with Crippen molar-refractivity contribution in [2.75, 3.05) is 26.2 Å². The molecular formula is C18H24ClN3O2. The van der Waals surface area contributed by atoms with E-state index in [2.05, 4.69) is 4.90 Å². The number of nitrogens with two attached hydrogens (primary N) is 1. The lowest BCUT2D eigenvalue weighted by molar-refractivity contribution is -0.134. The van der Waals surface area contributed by atoms with E-state index in [1.165, 1.54) is 6.42 Å². The maximum atomic E-state index is 12.7. The number of piperidine rings is 2. The Labute approximate surface area is 147 Å². The van der Waals surface area contributed by atoms with Crippen molar-refractivity contribution in [1.82, 2.24) is 9.80 Å². The highest BCUT2D eigenvalue weighted by Gasteiger charge is 2.45. The second kappa shape index (κ2) is 7.11. The molecule has 0 saturated carbocycles. The van der Waals surface area contributed by atoms with Gasteiger partial charge in [-0.05, 0) is 50.9 Å². The number of halogens is 1. The molecule has 130 valence electrons. The van der Waals surface area contributed by atoms with Crippen LogP contribution in [0.25, 0.3) is 0 Å². The molecule has 6 heteroatoms. The van der Waals surface area contributed by atoms with Gasteiger partial charge in [0.2, 0.25) is 5.91 Å². The maximum absolute atomic E-state index is 12.7. The van der Waals surface area contributed by atoms with Crippen molar-refractivity contribution in [1.29, 1.82) is 0 Å². The molecule has 3 rings (SSSR count). The van der Waals surface area contributed by atoms with Crippen LogP contribution in [0.5, 0.6) is 0 Å². The largest absolute Gasteiger partial charge is 0.368 e. The van der Waals surface area contributed by atoms with Gasteiger partial charge in [-0.1, -0.05) is 30.2 Å². The first-order valence-corrected chi connectivity index (χ1v) is 9.01. The number of carbonyl (C=O) groups excluding carboxylic acids is 2. The van der Waals surface area contributed by atoms with Crippen molar-refractivity contribution in [3.8, 4) is 0 Å². The summed E-state index contributed by atoms with van der Waals surface area (Å²) in [5.41, 5.74) is 5.70. The van der Waals surface area contributed by atoms with Gasteiger partial charge < -0.3 is 10.6 Å². The van der Waals surface area contributed by atoms with Crippen LogP contribution >= 0.6 is 11.6 Å². The minimum atomic E-state index is -0.600. The van der Waals surface area contributed by atoms with Crippen molar-refractivity contribution in [3.63, 3.8) is 0 Å². The molecule has 2 saturated heterocycles. The first-order chi connectivity index (χ1) is 11.5. The van der Waals surface area contributed by atoms with Gasteiger partial charge in [0.05, 0.1) is 10.6 Å². The van der Waals surface area contributed by atoms with Crippen LogP contribution in [-0.4, -0.2) is 53.3 Å². The zero-order valence-corrected chi connectivity index (χ0v) is 14.6. The summed E-state index contributed by atoms with van der Waals surface area (Å²) in [5.74, 6) is -0.327. The fraction of sp³-hybridized carbons (Fsp3) is 0.556. The lowest BCUT2D eigenvalue weighted by atomic mass is 9.83. The van der Waals surface area contributed by atoms with Crippen molar-refractivity contribution >= 4 is 23.4 Å². The van der Waals surface area contributed by atoms with Crippen LogP contribution in [0.15, 0.2) is 24.3 Å². The molecular weight excluding hydrogens is 326 g/mol. The van der Waals surface area contributed by atoms with Crippen LogP contribution < -0.4 is 5.73 Å². The number of likely N-dealkylation sites (tertiary alicyclic amines) is 2. The summed E-state index contributed by atoms with van der Waals surface area (Å²) in [4.78, 5) is 29.0. The molecule has 2 heterocycles. The molecule has 0 spiro atoms. The van der Waals surface area contributed by atoms with Gasteiger partial charge in [-0.2, -0.15) is 0 Å². The fourth-order valence-electron chi connectivity index (χ4n) is 3.93. The van der Waals surface area contributed by atoms with Crippen LogP contribution in [0.1, 0.15) is 42.5 Å². The van der Waals surface area contributed by atoms with Gasteiger partial charge in [0.1, 0.15) is 5.54 Å². The van der Waals surface area contributed by atoms with Crippen LogP contribution in [0.3, 0.4) is 0 Å². The lowest BCUT2D eigenvalue weighted by Gasteiger charge is -2.48. The number of amides is 2. The molecule has 1 aromatic carbocycles. The van der Waals surface area contributed by atoms with Gasteiger partial charge in [0.15, 0.2) is 0 Å². The smallest absolute Gasteiger partial charge is 0.255 e. The maximum Gasteiger partial charge on any atom is 0.255 e. The number of carbonyl (C=O) groups is 2. The van der Waals surface area contributed by atoms with Crippen LogP contribution in [0.2, 0.25) is 5.02 Å². The molecule has 2 amide bonds. The monoisotopic (exact) mass is 349 g/mol. The Kier molecular flexibility index (Phi) is 5.11. The zero-order chi connectivity index (χ0) is 17.2. The van der Waals surface area contributed by atoms with Crippen molar-refractivity contribution < 1.29 is 9.59 Å². The molecule has 24 heavy (non-hydrogen) atoms. The number of hydrogen-bond acceptors (Lipinski definition) is 3. The minimum absolute atomic E-state index is 0.0719. The van der Waals surface area contributed by atoms with Crippen LogP contribution in [-0.2, 0) is 4.79 Å². The number of nitrogens with zero attached hydrogens (tertiary/aromatic N) is 2. The van der Waals surface area contributed by atoms with E-state index in [0.717, 1.165) is 25.9 Å². The van der Waals surface area contributed by atoms with E-state index in [9.17, 15) is 9.59 Å². The standard InChI is InChI=1S/C18H24ClN3O2/c19-15-7-3-2-6-14(15)16(23)21-12-8-18(9-13-21,17(20)24)22-10-4-1-5-11-22/h2-3,6-7H,1,4-5,8-13H2,(H2,20,24). The molecule has 0 unspecified atom stereocenters. The number of hydrogen-bond donors (Lipinski definition) is 1. The number of primary amides is 1. The molecule has 5 nitrogen and oxygen atoms in total. The Bertz CT molecular complexity index is 620. The summed E-state index contributed by atoms with van der Waals surface area (Å²) in [6.07, 6.45) is 4.62. The Morgan fingerprint density at radius 1 is 1.00 bits per heavy atom. The van der Waals surface area contributed by atoms with Gasteiger partial charge in [-0.25, -0.2) is 0 Å². The second-order valence-electron chi connectivity index (χ2n) is 6.72. The molecule has 2 fully saturated rings. The van der Waals surface area contributed by atoms with E-state index < -0.39 is 5.54 Å². The van der Waals surface area contributed by atoms with Crippen molar-refractivity contribution in [2.45, 2.75) is 37.6 Å². The Morgan fingerprint density at radius 2 is 1.62 bits per heavy atom. The van der Waals surface area contributed by atoms with Crippen molar-refractivity contribution in [3.05, 3.63) is 34.9 Å². The van der Waals surface area contributed by atoms with Crippen LogP contribution in [0, 0.1) is 0 Å². The molecule has 1 aromatic rings. The molecule has 2 N–H and O–H groups in total. The Balaban J connectivity index is 1.72. The molecule has 0 atom stereocenters. The summed E-state index contributed by atoms with van der Waals surface area (Å²) in [6.45, 7) is 2.90. The summed E-state index contributed by atoms with van der Waals surface area (Å²) in [7, 11) is 0. The zero-order valence-electron chi connectivity index (χ0n) is 13.8. The van der Waals surface area contributed by atoms with E-state index in [4.69, 9.17) is 17.3 Å². The van der Waals surface area contributed by atoms with Gasteiger partial charge in [0.25, 0.3) is 5.91 Å². The first kappa shape index (κ1) is 17.2. The highest BCUT2D eigenvalue weighted by molar-refractivity contribution is 6.33. The van der Waals surface area contributed by atoms with Gasteiger partial charge in [-0.15, -0.1) is 0 Å². The van der Waals surface area contributed by atoms with Crippen molar-refractivity contribution in [2.24, 2.45) is 5.73 Å². The Morgan fingerprint density at radius 3 is 2.21 bits per heavy atom. The topological polar surface area (TPSA) is 66.6 Å². The van der Waals surface area contributed by atoms with E-state index in [1.807, 2.05) is 12.1 Å². The average Bonchev–Trinajstić information content (AvgIpc) is 2.62. The molecule has 0 bridgehead atoms. The molecule has 0 aromatic heterocycles. The third-order valence-corrected chi connectivity index (χ3v) is 5.73. The first-order valence-electron chi connectivity index (χ1n) is 8.63. The quantitative estimate of drug-likeness (QED) is 0.910. The van der Waals surface area contributed by atoms with Gasteiger partial charge in [-0.3, -0.25) is 14.5 Å². The SMILES string of the molecule is NC(=O)C1(N2CCCCC2)CCN(C(=O)c2ccccc2Cl)CC1. The van der Waals surface area contributed by atoms with Crippen LogP contribution in [0.4, 0.5) is 0 Å². The predicted molar refractivity (Wildman–Crippen MR) is 93.9 cm³/mol. The predicted octanol–water partition coefficient (Wildman–Crippen LogP) is 2.29. The van der Waals surface area contributed by atoms with Gasteiger partial charge >= 0.3 is 0 Å². The van der Waals surface area contributed by atoms with E-state index >= 15 is 0 Å². The molecule has 0 aliphatic carbocycles. The summed E-state index contributed by atoms with van der Waals surface area (Å²) < 4.78 is 0. The molecule has 2 aliphatic heterocycles. The summed E-state index contributed by atoms with van der Waals surface area (Å²) in [6, 6.07) is 7.08. The summed E-state index contributed by atoms with van der Waals surface area (Å²) in [5, 5.41) is 0.463. The Hall–Kier alpha value is -1.59. The second-order valence-corrected chi connectivity index (χ2v) is 7.12. The minimum Gasteiger partial charge on any atom is -0.368 e. The van der Waals surface area contributed by atoms with E-state index in [-0.39, 0.29) is 11.8 Å². The number of rotatable bonds is 3. The van der Waals surface area contributed by atoms with E-state index in [0.29, 0.717) is 36.5 Å². The molecule has 0 radical (unpaired) electrons. The fourth-order valence-corrected chi connectivity index (χ4v) is 4.14. The van der Waals surface area contributed by atoms with Gasteiger partial charge in [0, 0.05) is 13.1 Å². The lowest BCUT2D eigenvalue weighted by Crippen LogP contribution is -2.63.